The van der Waals surface area contributed by atoms with Crippen LogP contribution >= 0.6 is 0 Å². The summed E-state index contributed by atoms with van der Waals surface area (Å²) in [5, 5.41) is 17.9. The van der Waals surface area contributed by atoms with Crippen LogP contribution in [0.1, 0.15) is 18.1 Å². The van der Waals surface area contributed by atoms with Crippen LogP contribution in [0.15, 0.2) is 18.2 Å². The zero-order valence-electron chi connectivity index (χ0n) is 7.98. The summed E-state index contributed by atoms with van der Waals surface area (Å²) in [6.07, 6.45) is -4.80. The molecule has 1 atom stereocenters. The number of benzene rings is 1. The molecular formula is C10H7F2NO3. The van der Waals surface area contributed by atoms with Crippen molar-refractivity contribution >= 4 is 0 Å². The molecule has 0 saturated heterocycles. The smallest absolute Gasteiger partial charge is 0.395 e. The number of hydrogen-bond donors (Lipinski definition) is 1. The average Bonchev–Trinajstić information content (AvgIpc) is 2.50. The molecule has 84 valence electrons. The van der Waals surface area contributed by atoms with Gasteiger partial charge >= 0.3 is 6.29 Å². The second kappa shape index (κ2) is 3.61. The van der Waals surface area contributed by atoms with Crippen molar-refractivity contribution in [2.75, 3.05) is 0 Å². The fourth-order valence-electron chi connectivity index (χ4n) is 1.38. The van der Waals surface area contributed by atoms with Gasteiger partial charge in [-0.1, -0.05) is 6.07 Å². The Morgan fingerprint density at radius 1 is 1.38 bits per heavy atom. The van der Waals surface area contributed by atoms with Crippen LogP contribution in [0.25, 0.3) is 0 Å². The molecule has 1 heterocycles. The first kappa shape index (κ1) is 10.6. The minimum atomic E-state index is -3.67. The molecule has 1 aliphatic rings. The second-order valence-corrected chi connectivity index (χ2v) is 3.25. The van der Waals surface area contributed by atoms with Gasteiger partial charge in [0.25, 0.3) is 0 Å². The number of aliphatic hydroxyl groups excluding tert-OH is 1. The lowest BCUT2D eigenvalue weighted by molar-refractivity contribution is -0.286. The standard InChI is InChI=1S/C10H7F2NO3/c11-10(12)15-8-2-1-6(5-9(8)16-10)7(14)3-4-13/h1-2,5,7,14H,3H2/t7-/m0/s1. The molecule has 16 heavy (non-hydrogen) atoms. The van der Waals surface area contributed by atoms with E-state index in [4.69, 9.17) is 5.26 Å². The number of aliphatic hydroxyl groups is 1. The molecule has 2 rings (SSSR count). The highest BCUT2D eigenvalue weighted by molar-refractivity contribution is 5.45. The summed E-state index contributed by atoms with van der Waals surface area (Å²) in [7, 11) is 0. The number of hydrogen-bond acceptors (Lipinski definition) is 4. The maximum absolute atomic E-state index is 12.7. The summed E-state index contributed by atoms with van der Waals surface area (Å²) < 4.78 is 33.7. The van der Waals surface area contributed by atoms with Gasteiger partial charge in [-0.25, -0.2) is 0 Å². The van der Waals surface area contributed by atoms with Gasteiger partial charge < -0.3 is 14.6 Å². The molecule has 1 aromatic carbocycles. The number of halogens is 2. The van der Waals surface area contributed by atoms with Gasteiger partial charge in [-0.05, 0) is 17.7 Å². The molecule has 4 nitrogen and oxygen atoms in total. The third kappa shape index (κ3) is 1.90. The third-order valence-corrected chi connectivity index (χ3v) is 2.09. The maximum Gasteiger partial charge on any atom is 0.586 e. The number of rotatable bonds is 2. The summed E-state index contributed by atoms with van der Waals surface area (Å²) >= 11 is 0. The first-order valence-electron chi connectivity index (χ1n) is 4.46. The van der Waals surface area contributed by atoms with Crippen LogP contribution in [0.2, 0.25) is 0 Å². The Morgan fingerprint density at radius 3 is 2.75 bits per heavy atom. The van der Waals surface area contributed by atoms with Gasteiger partial charge in [0.1, 0.15) is 0 Å². The highest BCUT2D eigenvalue weighted by Gasteiger charge is 2.43. The van der Waals surface area contributed by atoms with E-state index in [0.29, 0.717) is 5.56 Å². The van der Waals surface area contributed by atoms with Crippen molar-refractivity contribution in [3.63, 3.8) is 0 Å². The summed E-state index contributed by atoms with van der Waals surface area (Å²) in [5.41, 5.74) is 0.335. The zero-order valence-corrected chi connectivity index (χ0v) is 7.98. The SMILES string of the molecule is N#CC[C@H](O)c1ccc2c(c1)OC(F)(F)O2. The number of fused-ring (bicyclic) bond motifs is 1. The average molecular weight is 227 g/mol. The first-order valence-corrected chi connectivity index (χ1v) is 4.46. The van der Waals surface area contributed by atoms with Crippen LogP contribution in [-0.2, 0) is 0 Å². The molecule has 0 fully saturated rings. The van der Waals surface area contributed by atoms with Crippen molar-refractivity contribution in [2.24, 2.45) is 0 Å². The molecule has 0 aliphatic carbocycles. The van der Waals surface area contributed by atoms with E-state index in [1.165, 1.54) is 18.2 Å². The van der Waals surface area contributed by atoms with Gasteiger partial charge in [0.2, 0.25) is 0 Å². The normalized spacial score (nSPS) is 17.9. The van der Waals surface area contributed by atoms with Gasteiger partial charge in [0, 0.05) is 0 Å². The summed E-state index contributed by atoms with van der Waals surface area (Å²) in [4.78, 5) is 0. The van der Waals surface area contributed by atoms with Crippen LogP contribution in [0, 0.1) is 11.3 Å². The highest BCUT2D eigenvalue weighted by Crippen LogP contribution is 2.42. The fourth-order valence-corrected chi connectivity index (χ4v) is 1.38. The molecule has 1 aromatic rings. The summed E-state index contributed by atoms with van der Waals surface area (Å²) in [5.74, 6) is -0.225. The Morgan fingerprint density at radius 2 is 2.06 bits per heavy atom. The Hall–Kier alpha value is -1.87. The van der Waals surface area contributed by atoms with Crippen LogP contribution in [-0.4, -0.2) is 11.4 Å². The lowest BCUT2D eigenvalue weighted by Crippen LogP contribution is -2.25. The minimum Gasteiger partial charge on any atom is -0.395 e. The molecule has 0 saturated carbocycles. The van der Waals surface area contributed by atoms with Gasteiger partial charge in [-0.2, -0.15) is 5.26 Å². The Labute approximate surface area is 89.6 Å². The van der Waals surface area contributed by atoms with Crippen molar-refractivity contribution < 1.29 is 23.4 Å². The maximum atomic E-state index is 12.7. The molecule has 0 amide bonds. The Balaban J connectivity index is 2.26. The molecule has 1 aliphatic heterocycles. The number of alkyl halides is 2. The molecule has 1 N–H and O–H groups in total. The fraction of sp³-hybridized carbons (Fsp3) is 0.300. The van der Waals surface area contributed by atoms with Gasteiger partial charge in [-0.3, -0.25) is 0 Å². The van der Waals surface area contributed by atoms with Crippen LogP contribution < -0.4 is 9.47 Å². The lowest BCUT2D eigenvalue weighted by atomic mass is 10.1. The lowest BCUT2D eigenvalue weighted by Gasteiger charge is -2.06. The molecule has 0 spiro atoms. The van der Waals surface area contributed by atoms with E-state index in [-0.39, 0.29) is 17.9 Å². The Bertz CT molecular complexity index is 456. The molecule has 0 aromatic heterocycles. The Kier molecular flexibility index (Phi) is 2.40. The molecule has 6 heteroatoms. The number of nitriles is 1. The van der Waals surface area contributed by atoms with E-state index < -0.39 is 12.4 Å². The van der Waals surface area contributed by atoms with E-state index in [2.05, 4.69) is 9.47 Å². The summed E-state index contributed by atoms with van der Waals surface area (Å²) in [6, 6.07) is 5.69. The van der Waals surface area contributed by atoms with Crippen LogP contribution in [0.5, 0.6) is 11.5 Å². The summed E-state index contributed by atoms with van der Waals surface area (Å²) in [6.45, 7) is 0. The van der Waals surface area contributed by atoms with Crippen molar-refractivity contribution in [1.82, 2.24) is 0 Å². The quantitative estimate of drug-likeness (QED) is 0.838. The van der Waals surface area contributed by atoms with E-state index in [0.717, 1.165) is 0 Å². The molecule has 0 radical (unpaired) electrons. The highest BCUT2D eigenvalue weighted by atomic mass is 19.3. The van der Waals surface area contributed by atoms with Gasteiger partial charge in [0.15, 0.2) is 11.5 Å². The van der Waals surface area contributed by atoms with Crippen molar-refractivity contribution in [3.8, 4) is 17.6 Å². The topological polar surface area (TPSA) is 62.5 Å². The van der Waals surface area contributed by atoms with Gasteiger partial charge in [-0.15, -0.1) is 8.78 Å². The molecule has 0 unspecified atom stereocenters. The van der Waals surface area contributed by atoms with Crippen LogP contribution in [0.3, 0.4) is 0 Å². The molecule has 0 bridgehead atoms. The van der Waals surface area contributed by atoms with E-state index in [1.807, 2.05) is 0 Å². The van der Waals surface area contributed by atoms with E-state index >= 15 is 0 Å². The first-order chi connectivity index (χ1) is 7.52. The largest absolute Gasteiger partial charge is 0.586 e. The molecular weight excluding hydrogens is 220 g/mol. The second-order valence-electron chi connectivity index (χ2n) is 3.25. The third-order valence-electron chi connectivity index (χ3n) is 2.09. The van der Waals surface area contributed by atoms with Crippen molar-refractivity contribution in [2.45, 2.75) is 18.8 Å². The van der Waals surface area contributed by atoms with Gasteiger partial charge in [0.05, 0.1) is 18.6 Å². The minimum absolute atomic E-state index is 0.0853. The predicted octanol–water partition coefficient (Wildman–Crippen LogP) is 1.96. The zero-order chi connectivity index (χ0) is 11.8. The number of nitrogens with zero attached hydrogens (tertiary/aromatic N) is 1. The van der Waals surface area contributed by atoms with Crippen LogP contribution in [0.4, 0.5) is 8.78 Å². The van der Waals surface area contributed by atoms with E-state index in [1.54, 1.807) is 6.07 Å². The predicted molar refractivity (Wildman–Crippen MR) is 47.8 cm³/mol. The van der Waals surface area contributed by atoms with E-state index in [9.17, 15) is 13.9 Å². The number of ether oxygens (including phenoxy) is 2. The van der Waals surface area contributed by atoms with Crippen molar-refractivity contribution in [3.05, 3.63) is 23.8 Å². The monoisotopic (exact) mass is 227 g/mol. The van der Waals surface area contributed by atoms with Crippen molar-refractivity contribution in [1.29, 1.82) is 5.26 Å².